The highest BCUT2D eigenvalue weighted by atomic mass is 35.5. The van der Waals surface area contributed by atoms with E-state index in [0.717, 1.165) is 5.69 Å². The summed E-state index contributed by atoms with van der Waals surface area (Å²) in [6.07, 6.45) is 1.80. The van der Waals surface area contributed by atoms with Crippen LogP contribution in [0.2, 0.25) is 0 Å². The quantitative estimate of drug-likeness (QED) is 0.835. The van der Waals surface area contributed by atoms with Crippen LogP contribution in [0.1, 0.15) is 18.2 Å². The van der Waals surface area contributed by atoms with Crippen LogP contribution in [0, 0.1) is 0 Å². The molecule has 0 saturated carbocycles. The molecule has 0 fully saturated rings. The maximum absolute atomic E-state index is 6.13. The zero-order chi connectivity index (χ0) is 12.8. The first-order valence-corrected chi connectivity index (χ1v) is 6.54. The molecule has 2 nitrogen and oxygen atoms in total. The van der Waals surface area contributed by atoms with Crippen LogP contribution in [-0.4, -0.2) is 10.9 Å². The van der Waals surface area contributed by atoms with Crippen LogP contribution >= 0.6 is 11.6 Å². The molecule has 1 aromatic heterocycles. The molecule has 0 aliphatic carbocycles. The molecule has 1 unspecified atom stereocenters. The zero-order valence-corrected chi connectivity index (χ0v) is 11.2. The van der Waals surface area contributed by atoms with E-state index in [-0.39, 0.29) is 5.54 Å². The Morgan fingerprint density at radius 1 is 1.11 bits per heavy atom. The molecule has 3 heteroatoms. The molecular formula is C15H17ClN2. The molecule has 94 valence electrons. The Morgan fingerprint density at radius 2 is 1.83 bits per heavy atom. The van der Waals surface area contributed by atoms with Gasteiger partial charge in [-0.1, -0.05) is 36.4 Å². The Bertz CT molecular complexity index is 472. The van der Waals surface area contributed by atoms with Crippen LogP contribution in [0.5, 0.6) is 0 Å². The lowest BCUT2D eigenvalue weighted by Gasteiger charge is -2.29. The molecule has 1 atom stereocenters. The Balaban J connectivity index is 2.10. The van der Waals surface area contributed by atoms with Crippen molar-refractivity contribution in [2.24, 2.45) is 0 Å². The predicted octanol–water partition coefficient (Wildman–Crippen LogP) is 3.33. The highest BCUT2D eigenvalue weighted by molar-refractivity contribution is 6.18. The van der Waals surface area contributed by atoms with Gasteiger partial charge in [-0.15, -0.1) is 11.6 Å². The Morgan fingerprint density at radius 3 is 2.44 bits per heavy atom. The first-order chi connectivity index (χ1) is 8.74. The van der Waals surface area contributed by atoms with Crippen LogP contribution in [-0.2, 0) is 12.1 Å². The molecule has 0 bridgehead atoms. The van der Waals surface area contributed by atoms with Gasteiger partial charge in [0, 0.05) is 18.6 Å². The molecule has 2 rings (SSSR count). The average Bonchev–Trinajstić information content (AvgIpc) is 2.47. The van der Waals surface area contributed by atoms with Gasteiger partial charge in [0.15, 0.2) is 0 Å². The van der Waals surface area contributed by atoms with Crippen molar-refractivity contribution in [2.75, 3.05) is 5.88 Å². The number of benzene rings is 1. The second-order valence-electron chi connectivity index (χ2n) is 4.51. The van der Waals surface area contributed by atoms with Crippen LogP contribution in [0.3, 0.4) is 0 Å². The molecule has 0 radical (unpaired) electrons. The molecule has 2 aromatic rings. The van der Waals surface area contributed by atoms with Crippen LogP contribution in [0.4, 0.5) is 0 Å². The van der Waals surface area contributed by atoms with E-state index >= 15 is 0 Å². The molecule has 0 aliphatic rings. The molecule has 0 amide bonds. The number of nitrogens with zero attached hydrogens (tertiary/aromatic N) is 1. The van der Waals surface area contributed by atoms with Gasteiger partial charge in [-0.05, 0) is 24.6 Å². The number of alkyl halides is 1. The van der Waals surface area contributed by atoms with Gasteiger partial charge in [-0.3, -0.25) is 4.98 Å². The lowest BCUT2D eigenvalue weighted by atomic mass is 9.94. The summed E-state index contributed by atoms with van der Waals surface area (Å²) in [5.41, 5.74) is 1.97. The first-order valence-electron chi connectivity index (χ1n) is 6.01. The van der Waals surface area contributed by atoms with Crippen LogP contribution in [0.15, 0.2) is 54.7 Å². The maximum atomic E-state index is 6.13. The summed E-state index contributed by atoms with van der Waals surface area (Å²) >= 11 is 6.13. The molecule has 1 N–H and O–H groups in total. The standard InChI is InChI=1S/C15H17ClN2/c1-15(12-16,13-7-3-2-4-8-13)18-11-14-9-5-6-10-17-14/h2-10,18H,11-12H2,1H3. The van der Waals surface area contributed by atoms with Gasteiger partial charge in [0.25, 0.3) is 0 Å². The van der Waals surface area contributed by atoms with Crippen molar-refractivity contribution in [1.29, 1.82) is 0 Å². The molecular weight excluding hydrogens is 244 g/mol. The first kappa shape index (κ1) is 13.1. The smallest absolute Gasteiger partial charge is 0.0546 e. The fourth-order valence-corrected chi connectivity index (χ4v) is 2.07. The van der Waals surface area contributed by atoms with E-state index in [2.05, 4.69) is 29.4 Å². The number of rotatable bonds is 5. The summed E-state index contributed by atoms with van der Waals surface area (Å²) < 4.78 is 0. The van der Waals surface area contributed by atoms with Crippen molar-refractivity contribution in [3.05, 3.63) is 66.0 Å². The van der Waals surface area contributed by atoms with Gasteiger partial charge < -0.3 is 5.32 Å². The fourth-order valence-electron chi connectivity index (χ4n) is 1.82. The summed E-state index contributed by atoms with van der Waals surface area (Å²) in [4.78, 5) is 4.30. The third kappa shape index (κ3) is 3.09. The number of aromatic nitrogens is 1. The van der Waals surface area contributed by atoms with Gasteiger partial charge in [-0.25, -0.2) is 0 Å². The van der Waals surface area contributed by atoms with Crippen molar-refractivity contribution < 1.29 is 0 Å². The highest BCUT2D eigenvalue weighted by Crippen LogP contribution is 2.22. The van der Waals surface area contributed by atoms with E-state index in [9.17, 15) is 0 Å². The van der Waals surface area contributed by atoms with Crippen LogP contribution in [0.25, 0.3) is 0 Å². The summed E-state index contributed by atoms with van der Waals surface area (Å²) in [5, 5.41) is 3.48. The van der Waals surface area contributed by atoms with Crippen molar-refractivity contribution >= 4 is 11.6 Å². The molecule has 0 saturated heterocycles. The third-order valence-electron chi connectivity index (χ3n) is 3.06. The predicted molar refractivity (Wildman–Crippen MR) is 75.6 cm³/mol. The second-order valence-corrected chi connectivity index (χ2v) is 4.77. The Hall–Kier alpha value is -1.38. The van der Waals surface area contributed by atoms with Crippen molar-refractivity contribution in [2.45, 2.75) is 19.0 Å². The number of pyridine rings is 1. The summed E-state index contributed by atoms with van der Waals surface area (Å²) in [5.74, 6) is 0.518. The van der Waals surface area contributed by atoms with E-state index in [1.54, 1.807) is 6.20 Å². The zero-order valence-electron chi connectivity index (χ0n) is 10.4. The van der Waals surface area contributed by atoms with Gasteiger partial charge >= 0.3 is 0 Å². The summed E-state index contributed by atoms with van der Waals surface area (Å²) in [7, 11) is 0. The highest BCUT2D eigenvalue weighted by Gasteiger charge is 2.24. The van der Waals surface area contributed by atoms with Crippen LogP contribution < -0.4 is 5.32 Å². The van der Waals surface area contributed by atoms with E-state index < -0.39 is 0 Å². The van der Waals surface area contributed by atoms with Crippen molar-refractivity contribution in [3.8, 4) is 0 Å². The number of hydrogen-bond donors (Lipinski definition) is 1. The SMILES string of the molecule is CC(CCl)(NCc1ccccn1)c1ccccc1. The van der Waals surface area contributed by atoms with E-state index in [0.29, 0.717) is 12.4 Å². The van der Waals surface area contributed by atoms with Crippen molar-refractivity contribution in [3.63, 3.8) is 0 Å². The lowest BCUT2D eigenvalue weighted by molar-refractivity contribution is 0.404. The average molecular weight is 261 g/mol. The number of halogens is 1. The topological polar surface area (TPSA) is 24.9 Å². The minimum Gasteiger partial charge on any atom is -0.301 e. The fraction of sp³-hybridized carbons (Fsp3) is 0.267. The Labute approximate surface area is 113 Å². The van der Waals surface area contributed by atoms with E-state index in [1.807, 2.05) is 36.4 Å². The van der Waals surface area contributed by atoms with Crippen molar-refractivity contribution in [1.82, 2.24) is 10.3 Å². The maximum Gasteiger partial charge on any atom is 0.0546 e. The Kier molecular flexibility index (Phi) is 4.34. The van der Waals surface area contributed by atoms with Gasteiger partial charge in [-0.2, -0.15) is 0 Å². The lowest BCUT2D eigenvalue weighted by Crippen LogP contribution is -2.41. The van der Waals surface area contributed by atoms with Gasteiger partial charge in [0.1, 0.15) is 0 Å². The molecule has 1 heterocycles. The van der Waals surface area contributed by atoms with Gasteiger partial charge in [0.2, 0.25) is 0 Å². The minimum absolute atomic E-state index is 0.236. The molecule has 0 aliphatic heterocycles. The second kappa shape index (κ2) is 5.98. The summed E-state index contributed by atoms with van der Waals surface area (Å²) in [6, 6.07) is 16.2. The largest absolute Gasteiger partial charge is 0.301 e. The minimum atomic E-state index is -0.236. The normalized spacial score (nSPS) is 14.1. The summed E-state index contributed by atoms with van der Waals surface area (Å²) in [6.45, 7) is 2.82. The third-order valence-corrected chi connectivity index (χ3v) is 3.60. The van der Waals surface area contributed by atoms with E-state index in [4.69, 9.17) is 11.6 Å². The molecule has 0 spiro atoms. The molecule has 18 heavy (non-hydrogen) atoms. The number of nitrogens with one attached hydrogen (secondary N) is 1. The van der Waals surface area contributed by atoms with E-state index in [1.165, 1.54) is 5.56 Å². The monoisotopic (exact) mass is 260 g/mol. The number of hydrogen-bond acceptors (Lipinski definition) is 2. The van der Waals surface area contributed by atoms with Gasteiger partial charge in [0.05, 0.1) is 11.2 Å². The molecule has 1 aromatic carbocycles.